The number of halogens is 1. The molecule has 3 heteroatoms. The van der Waals surface area contributed by atoms with Crippen LogP contribution < -0.4 is 4.74 Å². The maximum atomic E-state index is 10.2. The molecule has 2 aliphatic rings. The second kappa shape index (κ2) is 5.10. The van der Waals surface area contributed by atoms with E-state index in [4.69, 9.17) is 16.3 Å². The molecular weight excluding hydrogens is 248 g/mol. The van der Waals surface area contributed by atoms with Gasteiger partial charge in [-0.3, -0.25) is 0 Å². The summed E-state index contributed by atoms with van der Waals surface area (Å²) in [6, 6.07) is 5.53. The lowest BCUT2D eigenvalue weighted by Gasteiger charge is -2.36. The van der Waals surface area contributed by atoms with Gasteiger partial charge in [0.25, 0.3) is 0 Å². The highest BCUT2D eigenvalue weighted by Crippen LogP contribution is 2.41. The average molecular weight is 267 g/mol. The van der Waals surface area contributed by atoms with E-state index in [1.54, 1.807) is 0 Å². The van der Waals surface area contributed by atoms with Crippen LogP contribution in [-0.4, -0.2) is 11.2 Å². The third-order valence-corrected chi connectivity index (χ3v) is 4.48. The van der Waals surface area contributed by atoms with E-state index in [0.29, 0.717) is 17.4 Å². The van der Waals surface area contributed by atoms with E-state index in [0.717, 1.165) is 11.3 Å². The molecule has 0 aromatic heterocycles. The van der Waals surface area contributed by atoms with Crippen LogP contribution in [0.1, 0.15) is 50.2 Å². The monoisotopic (exact) mass is 266 g/mol. The molecule has 2 nitrogen and oxygen atoms in total. The van der Waals surface area contributed by atoms with Gasteiger partial charge in [0, 0.05) is 17.0 Å². The Morgan fingerprint density at radius 1 is 1.17 bits per heavy atom. The van der Waals surface area contributed by atoms with E-state index in [9.17, 15) is 5.11 Å². The molecule has 1 fully saturated rings. The first kappa shape index (κ1) is 12.3. The molecule has 0 saturated heterocycles. The third kappa shape index (κ3) is 2.36. The molecule has 0 bridgehead atoms. The van der Waals surface area contributed by atoms with Crippen LogP contribution in [0, 0.1) is 5.92 Å². The summed E-state index contributed by atoms with van der Waals surface area (Å²) in [7, 11) is 0. The fourth-order valence-electron chi connectivity index (χ4n) is 3.24. The zero-order chi connectivity index (χ0) is 12.5. The second-order valence-electron chi connectivity index (χ2n) is 5.49. The van der Waals surface area contributed by atoms with Crippen LogP contribution >= 0.6 is 11.6 Å². The van der Waals surface area contributed by atoms with Gasteiger partial charge in [-0.1, -0.05) is 30.9 Å². The summed E-state index contributed by atoms with van der Waals surface area (Å²) in [5.41, 5.74) is 0.842. The first-order valence-corrected chi connectivity index (χ1v) is 7.26. The number of rotatable bonds is 1. The highest BCUT2D eigenvalue weighted by atomic mass is 35.5. The lowest BCUT2D eigenvalue weighted by Crippen LogP contribution is -2.34. The van der Waals surface area contributed by atoms with E-state index in [-0.39, 0.29) is 6.10 Å². The molecule has 1 aliphatic heterocycles. The van der Waals surface area contributed by atoms with Crippen molar-refractivity contribution in [3.63, 3.8) is 0 Å². The fraction of sp³-hybridized carbons (Fsp3) is 0.600. The van der Waals surface area contributed by atoms with Gasteiger partial charge in [0.15, 0.2) is 0 Å². The highest BCUT2D eigenvalue weighted by Gasteiger charge is 2.33. The topological polar surface area (TPSA) is 29.5 Å². The van der Waals surface area contributed by atoms with Crippen molar-refractivity contribution in [2.45, 2.75) is 50.7 Å². The number of fused-ring (bicyclic) bond motifs is 1. The molecule has 1 aromatic rings. The SMILES string of the molecule is O[C@H]1CC(C2CCCCC2)Oc2ccc(Cl)cc21. The lowest BCUT2D eigenvalue weighted by atomic mass is 9.81. The molecule has 1 heterocycles. The van der Waals surface area contributed by atoms with Crippen molar-refractivity contribution in [2.24, 2.45) is 5.92 Å². The van der Waals surface area contributed by atoms with Crippen LogP contribution in [0.2, 0.25) is 5.02 Å². The van der Waals surface area contributed by atoms with Gasteiger partial charge in [-0.2, -0.15) is 0 Å². The van der Waals surface area contributed by atoms with Gasteiger partial charge in [-0.05, 0) is 37.0 Å². The second-order valence-corrected chi connectivity index (χ2v) is 5.92. The van der Waals surface area contributed by atoms with Gasteiger partial charge in [-0.15, -0.1) is 0 Å². The van der Waals surface area contributed by atoms with E-state index >= 15 is 0 Å². The Hall–Kier alpha value is -0.730. The van der Waals surface area contributed by atoms with Crippen LogP contribution in [0.3, 0.4) is 0 Å². The van der Waals surface area contributed by atoms with E-state index in [1.807, 2.05) is 18.2 Å². The summed E-state index contributed by atoms with van der Waals surface area (Å²) in [6.07, 6.45) is 6.87. The average Bonchev–Trinajstić information content (AvgIpc) is 2.40. The Balaban J connectivity index is 1.80. The molecule has 0 spiro atoms. The Bertz CT molecular complexity index is 427. The van der Waals surface area contributed by atoms with Crippen molar-refractivity contribution < 1.29 is 9.84 Å². The number of hydrogen-bond acceptors (Lipinski definition) is 2. The van der Waals surface area contributed by atoms with Gasteiger partial charge in [-0.25, -0.2) is 0 Å². The molecule has 3 rings (SSSR count). The molecule has 1 unspecified atom stereocenters. The molecule has 0 amide bonds. The number of aliphatic hydroxyl groups excluding tert-OH is 1. The smallest absolute Gasteiger partial charge is 0.125 e. The van der Waals surface area contributed by atoms with Gasteiger partial charge in [0.2, 0.25) is 0 Å². The molecule has 1 N–H and O–H groups in total. The number of hydrogen-bond donors (Lipinski definition) is 1. The predicted molar refractivity (Wildman–Crippen MR) is 72.0 cm³/mol. The maximum Gasteiger partial charge on any atom is 0.125 e. The van der Waals surface area contributed by atoms with Gasteiger partial charge in [0.1, 0.15) is 11.9 Å². The van der Waals surface area contributed by atoms with Crippen molar-refractivity contribution in [1.82, 2.24) is 0 Å². The Morgan fingerprint density at radius 3 is 2.72 bits per heavy atom. The van der Waals surface area contributed by atoms with E-state index in [2.05, 4.69) is 0 Å². The summed E-state index contributed by atoms with van der Waals surface area (Å²) in [5, 5.41) is 10.9. The van der Waals surface area contributed by atoms with Gasteiger partial charge < -0.3 is 9.84 Å². The van der Waals surface area contributed by atoms with Crippen LogP contribution in [0.4, 0.5) is 0 Å². The van der Waals surface area contributed by atoms with Crippen LogP contribution in [0.15, 0.2) is 18.2 Å². The maximum absolute atomic E-state index is 10.2. The van der Waals surface area contributed by atoms with Gasteiger partial charge in [0.05, 0.1) is 6.10 Å². The Kier molecular flexibility index (Phi) is 3.49. The molecule has 18 heavy (non-hydrogen) atoms. The first-order valence-electron chi connectivity index (χ1n) is 6.88. The standard InChI is InChI=1S/C15H19ClO2/c16-11-6-7-14-12(8-11)13(17)9-15(18-14)10-4-2-1-3-5-10/h6-8,10,13,15,17H,1-5,9H2/t13-,15?/m0/s1. The minimum absolute atomic E-state index is 0.175. The third-order valence-electron chi connectivity index (χ3n) is 4.24. The summed E-state index contributed by atoms with van der Waals surface area (Å²) < 4.78 is 6.08. The molecule has 1 aromatic carbocycles. The molecule has 0 radical (unpaired) electrons. The molecule has 1 aliphatic carbocycles. The van der Waals surface area contributed by atoms with Crippen LogP contribution in [0.25, 0.3) is 0 Å². The first-order chi connectivity index (χ1) is 8.74. The van der Waals surface area contributed by atoms with E-state index < -0.39 is 6.10 Å². The largest absolute Gasteiger partial charge is 0.490 e. The van der Waals surface area contributed by atoms with Crippen molar-refractivity contribution >= 4 is 11.6 Å². The number of benzene rings is 1. The molecule has 98 valence electrons. The van der Waals surface area contributed by atoms with Gasteiger partial charge >= 0.3 is 0 Å². The molecule has 2 atom stereocenters. The summed E-state index contributed by atoms with van der Waals surface area (Å²) >= 11 is 5.96. The highest BCUT2D eigenvalue weighted by molar-refractivity contribution is 6.30. The molecule has 1 saturated carbocycles. The Labute approximate surface area is 113 Å². The van der Waals surface area contributed by atoms with Crippen LogP contribution in [-0.2, 0) is 0 Å². The quantitative estimate of drug-likeness (QED) is 0.829. The van der Waals surface area contributed by atoms with Crippen molar-refractivity contribution in [3.05, 3.63) is 28.8 Å². The zero-order valence-corrected chi connectivity index (χ0v) is 11.2. The minimum atomic E-state index is -0.431. The Morgan fingerprint density at radius 2 is 1.94 bits per heavy atom. The van der Waals surface area contributed by atoms with Crippen molar-refractivity contribution in [2.75, 3.05) is 0 Å². The van der Waals surface area contributed by atoms with Crippen LogP contribution in [0.5, 0.6) is 5.75 Å². The molecular formula is C15H19ClO2. The zero-order valence-electron chi connectivity index (χ0n) is 10.4. The van der Waals surface area contributed by atoms with E-state index in [1.165, 1.54) is 32.1 Å². The minimum Gasteiger partial charge on any atom is -0.490 e. The summed E-state index contributed by atoms with van der Waals surface area (Å²) in [4.78, 5) is 0. The number of aliphatic hydroxyl groups is 1. The lowest BCUT2D eigenvalue weighted by molar-refractivity contribution is 0.0234. The van der Waals surface area contributed by atoms with Crippen molar-refractivity contribution in [3.8, 4) is 5.75 Å². The normalized spacial score (nSPS) is 28.6. The predicted octanol–water partition coefficient (Wildman–Crippen LogP) is 4.10. The van der Waals surface area contributed by atoms with Crippen molar-refractivity contribution in [1.29, 1.82) is 0 Å². The number of ether oxygens (including phenoxy) is 1. The summed E-state index contributed by atoms with van der Waals surface area (Å²) in [5.74, 6) is 1.42. The summed E-state index contributed by atoms with van der Waals surface area (Å²) in [6.45, 7) is 0. The fourth-order valence-corrected chi connectivity index (χ4v) is 3.42.